The summed E-state index contributed by atoms with van der Waals surface area (Å²) in [5.41, 5.74) is 4.43. The van der Waals surface area contributed by atoms with E-state index in [-0.39, 0.29) is 0 Å². The fourth-order valence-electron chi connectivity index (χ4n) is 3.85. The predicted molar refractivity (Wildman–Crippen MR) is 123 cm³/mol. The zero-order valence-electron chi connectivity index (χ0n) is 18.5. The molecule has 1 atom stereocenters. The second-order valence-corrected chi connectivity index (χ2v) is 12.0. The minimum absolute atomic E-state index is 0.692. The van der Waals surface area contributed by atoms with Gasteiger partial charge in [-0.05, 0) is 31.1 Å². The molecule has 5 heteroatoms. The first-order chi connectivity index (χ1) is 13.1. The van der Waals surface area contributed by atoms with Crippen molar-refractivity contribution < 1.29 is 5.11 Å². The Bertz CT molecular complexity index is 774. The summed E-state index contributed by atoms with van der Waals surface area (Å²) in [7, 11) is 10.5. The first kappa shape index (κ1) is 22.7. The van der Waals surface area contributed by atoms with Gasteiger partial charge in [0.15, 0.2) is 5.31 Å². The normalized spacial score (nSPS) is 14.2. The third-order valence-electron chi connectivity index (χ3n) is 5.08. The largest absolute Gasteiger partial charge is 0.380 e. The zero-order valence-corrected chi connectivity index (χ0v) is 19.4. The van der Waals surface area contributed by atoms with Gasteiger partial charge >= 0.3 is 0 Å². The molecular weight excluding hydrogens is 365 g/mol. The third kappa shape index (κ3) is 4.53. The highest BCUT2D eigenvalue weighted by molar-refractivity contribution is 7.73. The van der Waals surface area contributed by atoms with E-state index in [0.29, 0.717) is 0 Å². The molecule has 0 fully saturated rings. The first-order valence-electron chi connectivity index (χ1n) is 9.56. The molecule has 2 aromatic carbocycles. The molecule has 1 unspecified atom stereocenters. The van der Waals surface area contributed by atoms with E-state index >= 15 is 0 Å². The molecule has 152 valence electrons. The molecule has 2 rings (SSSR count). The predicted octanol–water partition coefficient (Wildman–Crippen LogP) is 4.83. The van der Waals surface area contributed by atoms with E-state index in [1.807, 2.05) is 12.1 Å². The van der Waals surface area contributed by atoms with Crippen LogP contribution in [0.25, 0.3) is 6.08 Å². The van der Waals surface area contributed by atoms with Crippen LogP contribution in [0.5, 0.6) is 0 Å². The molecule has 0 saturated heterocycles. The molecule has 28 heavy (non-hydrogen) atoms. The van der Waals surface area contributed by atoms with Gasteiger partial charge in [-0.3, -0.25) is 0 Å². The monoisotopic (exact) mass is 400 g/mol. The van der Waals surface area contributed by atoms with Crippen LogP contribution in [-0.2, 0) is 0 Å². The average Bonchev–Trinajstić information content (AvgIpc) is 2.62. The van der Waals surface area contributed by atoms with E-state index in [0.717, 1.165) is 16.4 Å². The molecule has 0 aliphatic heterocycles. The highest BCUT2D eigenvalue weighted by atomic mass is 31.2. The molecule has 2 aromatic rings. The lowest BCUT2D eigenvalue weighted by Crippen LogP contribution is -2.38. The van der Waals surface area contributed by atoms with Crippen LogP contribution in [0, 0.1) is 13.8 Å². The lowest BCUT2D eigenvalue weighted by atomic mass is 10.1. The standard InChI is InChI=1S/C23H35N3OP/c1-18-9-13-20(14-10-18)17-22(23(27)21-15-11-19(2)12-16-21)28(24(3)4,25(5)6)26(7)8/h9-17,23,27H,1-8H3/q+1/b22-17+. The van der Waals surface area contributed by atoms with Crippen molar-refractivity contribution in [2.45, 2.75) is 20.0 Å². The number of aryl methyl sites for hydroxylation is 2. The fourth-order valence-corrected chi connectivity index (χ4v) is 8.18. The van der Waals surface area contributed by atoms with E-state index in [1.165, 1.54) is 11.1 Å². The minimum atomic E-state index is -2.12. The molecule has 0 aromatic heterocycles. The highest BCUT2D eigenvalue weighted by Gasteiger charge is 2.54. The molecule has 0 radical (unpaired) electrons. The Morgan fingerprint density at radius 2 is 1.14 bits per heavy atom. The van der Waals surface area contributed by atoms with Gasteiger partial charge in [0.1, 0.15) is 6.10 Å². The van der Waals surface area contributed by atoms with E-state index in [2.05, 4.69) is 113 Å². The minimum Gasteiger partial charge on any atom is -0.380 e. The van der Waals surface area contributed by atoms with Crippen LogP contribution in [0.3, 0.4) is 0 Å². The van der Waals surface area contributed by atoms with Crippen molar-refractivity contribution >= 4 is 13.8 Å². The maximum Gasteiger partial charge on any atom is 0.259 e. The number of hydrogen-bond donors (Lipinski definition) is 1. The van der Waals surface area contributed by atoms with Gasteiger partial charge < -0.3 is 5.11 Å². The van der Waals surface area contributed by atoms with Crippen LogP contribution < -0.4 is 0 Å². The Labute approximate surface area is 171 Å². The van der Waals surface area contributed by atoms with Crippen molar-refractivity contribution in [3.8, 4) is 0 Å². The van der Waals surface area contributed by atoms with Gasteiger partial charge in [-0.2, -0.15) is 14.0 Å². The second-order valence-electron chi connectivity index (χ2n) is 7.90. The smallest absolute Gasteiger partial charge is 0.259 e. The summed E-state index contributed by atoms with van der Waals surface area (Å²) in [5.74, 6) is 0. The Kier molecular flexibility index (Phi) is 7.55. The summed E-state index contributed by atoms with van der Waals surface area (Å²) >= 11 is 0. The molecule has 1 N–H and O–H groups in total. The fraction of sp³-hybridized carbons (Fsp3) is 0.391. The number of benzene rings is 2. The third-order valence-corrected chi connectivity index (χ3v) is 9.50. The van der Waals surface area contributed by atoms with Crippen molar-refractivity contribution in [2.24, 2.45) is 0 Å². The number of aliphatic hydroxyl groups excluding tert-OH is 1. The van der Waals surface area contributed by atoms with Gasteiger partial charge in [-0.1, -0.05) is 59.7 Å². The van der Waals surface area contributed by atoms with Gasteiger partial charge in [-0.25, -0.2) is 0 Å². The summed E-state index contributed by atoms with van der Waals surface area (Å²) in [6.45, 7) is 4.16. The van der Waals surface area contributed by atoms with Crippen molar-refractivity contribution in [3.63, 3.8) is 0 Å². The van der Waals surface area contributed by atoms with Gasteiger partial charge in [0.25, 0.3) is 7.71 Å². The zero-order chi connectivity index (χ0) is 21.1. The van der Waals surface area contributed by atoms with E-state index in [1.54, 1.807) is 0 Å². The summed E-state index contributed by atoms with van der Waals surface area (Å²) in [6.07, 6.45) is 1.47. The highest BCUT2D eigenvalue weighted by Crippen LogP contribution is 2.72. The van der Waals surface area contributed by atoms with E-state index in [9.17, 15) is 5.11 Å². The Morgan fingerprint density at radius 3 is 1.54 bits per heavy atom. The lowest BCUT2D eigenvalue weighted by molar-refractivity contribution is 0.220. The van der Waals surface area contributed by atoms with Crippen LogP contribution >= 0.6 is 7.71 Å². The molecule has 0 saturated carbocycles. The molecule has 0 aliphatic rings. The summed E-state index contributed by atoms with van der Waals surface area (Å²) in [4.78, 5) is 0. The Balaban J connectivity index is 2.72. The SMILES string of the molecule is Cc1ccc(/C=C(\C(O)c2ccc(C)cc2)[P+](N(C)C)(N(C)C)N(C)C)cc1. The molecule has 0 aliphatic carbocycles. The average molecular weight is 401 g/mol. The van der Waals surface area contributed by atoms with E-state index in [4.69, 9.17) is 0 Å². The topological polar surface area (TPSA) is 30.0 Å². The van der Waals surface area contributed by atoms with Crippen LogP contribution in [0.4, 0.5) is 0 Å². The molecule has 0 spiro atoms. The molecule has 0 bridgehead atoms. The summed E-state index contributed by atoms with van der Waals surface area (Å²) in [6, 6.07) is 16.6. The lowest BCUT2D eigenvalue weighted by Gasteiger charge is -2.42. The van der Waals surface area contributed by atoms with Crippen molar-refractivity contribution in [1.29, 1.82) is 0 Å². The summed E-state index contributed by atoms with van der Waals surface area (Å²) < 4.78 is 6.76. The van der Waals surface area contributed by atoms with Crippen LogP contribution in [0.15, 0.2) is 53.8 Å². The molecular formula is C23H35N3OP+. The van der Waals surface area contributed by atoms with Crippen molar-refractivity contribution in [3.05, 3.63) is 76.1 Å². The van der Waals surface area contributed by atoms with Gasteiger partial charge in [0.2, 0.25) is 0 Å². The van der Waals surface area contributed by atoms with Crippen molar-refractivity contribution in [1.82, 2.24) is 14.0 Å². The Hall–Kier alpha value is -1.55. The second kappa shape index (κ2) is 9.30. The molecule has 0 amide bonds. The molecule has 0 heterocycles. The Morgan fingerprint density at radius 1 is 0.750 bits per heavy atom. The van der Waals surface area contributed by atoms with Crippen LogP contribution in [0.2, 0.25) is 0 Å². The van der Waals surface area contributed by atoms with Gasteiger partial charge in [0.05, 0.1) is 0 Å². The van der Waals surface area contributed by atoms with Crippen molar-refractivity contribution in [2.75, 3.05) is 42.3 Å². The maximum absolute atomic E-state index is 11.5. The number of nitrogens with zero attached hydrogens (tertiary/aromatic N) is 3. The number of aliphatic hydroxyl groups is 1. The quantitative estimate of drug-likeness (QED) is 0.675. The van der Waals surface area contributed by atoms with Crippen LogP contribution in [0.1, 0.15) is 28.4 Å². The molecule has 4 nitrogen and oxygen atoms in total. The van der Waals surface area contributed by atoms with Gasteiger partial charge in [-0.15, -0.1) is 0 Å². The number of rotatable bonds is 7. The van der Waals surface area contributed by atoms with E-state index < -0.39 is 13.8 Å². The van der Waals surface area contributed by atoms with Gasteiger partial charge in [0, 0.05) is 42.3 Å². The first-order valence-corrected chi connectivity index (χ1v) is 11.2. The number of hydrogen-bond acceptors (Lipinski definition) is 4. The maximum atomic E-state index is 11.5. The van der Waals surface area contributed by atoms with Crippen LogP contribution in [-0.4, -0.2) is 61.4 Å². The summed E-state index contributed by atoms with van der Waals surface area (Å²) in [5, 5.41) is 12.6.